The summed E-state index contributed by atoms with van der Waals surface area (Å²) in [5.74, 6) is -0.617. The van der Waals surface area contributed by atoms with Crippen molar-refractivity contribution in [2.75, 3.05) is 32.0 Å². The molecule has 21 heavy (non-hydrogen) atoms. The molecule has 0 aliphatic carbocycles. The molecule has 1 saturated heterocycles. The second-order valence-corrected chi connectivity index (χ2v) is 4.99. The molecule has 1 aromatic carbocycles. The highest BCUT2D eigenvalue weighted by molar-refractivity contribution is 5.84. The van der Waals surface area contributed by atoms with Crippen LogP contribution in [-0.4, -0.2) is 49.2 Å². The van der Waals surface area contributed by atoms with Crippen LogP contribution in [0.25, 0.3) is 0 Å². The van der Waals surface area contributed by atoms with E-state index >= 15 is 0 Å². The van der Waals surface area contributed by atoms with Crippen molar-refractivity contribution in [3.63, 3.8) is 0 Å². The van der Waals surface area contributed by atoms with Crippen LogP contribution >= 0.6 is 0 Å². The first-order valence-electron chi connectivity index (χ1n) is 6.96. The van der Waals surface area contributed by atoms with Gasteiger partial charge in [0, 0.05) is 18.8 Å². The number of carbonyl (C=O) groups is 2. The lowest BCUT2D eigenvalue weighted by molar-refractivity contribution is -0.160. The number of nitrogen functional groups attached to an aromatic ring is 1. The molecule has 2 N–H and O–H groups in total. The van der Waals surface area contributed by atoms with Gasteiger partial charge < -0.3 is 20.1 Å². The van der Waals surface area contributed by atoms with E-state index in [0.29, 0.717) is 32.0 Å². The van der Waals surface area contributed by atoms with E-state index in [1.807, 2.05) is 0 Å². The molecule has 0 saturated carbocycles. The summed E-state index contributed by atoms with van der Waals surface area (Å²) in [5.41, 5.74) is 7.02. The third kappa shape index (κ3) is 4.46. The Bertz CT molecular complexity index is 512. The molecule has 1 aromatic rings. The number of rotatable bonds is 4. The average Bonchev–Trinajstić information content (AvgIpc) is 2.47. The van der Waals surface area contributed by atoms with Crippen LogP contribution in [0.5, 0.6) is 0 Å². The number of hydrogen-bond acceptors (Lipinski definition) is 5. The minimum atomic E-state index is -0.781. The molecule has 114 valence electrons. The first kappa shape index (κ1) is 15.3. The Hall–Kier alpha value is -2.08. The number of benzene rings is 1. The first-order chi connectivity index (χ1) is 10.1. The number of carbonyl (C=O) groups excluding carboxylic acids is 2. The number of nitrogens with two attached hydrogens (primary N) is 1. The molecular weight excluding hydrogens is 272 g/mol. The molecule has 1 amide bonds. The molecule has 1 heterocycles. The number of amides is 1. The Morgan fingerprint density at radius 3 is 2.76 bits per heavy atom. The highest BCUT2D eigenvalue weighted by Crippen LogP contribution is 2.09. The highest BCUT2D eigenvalue weighted by atomic mass is 16.5. The fourth-order valence-electron chi connectivity index (χ4n) is 2.20. The molecule has 1 atom stereocenters. The van der Waals surface area contributed by atoms with Crippen LogP contribution in [0, 0.1) is 0 Å². The maximum Gasteiger partial charge on any atom is 0.311 e. The Morgan fingerprint density at radius 2 is 2.10 bits per heavy atom. The maximum absolute atomic E-state index is 12.1. The maximum atomic E-state index is 12.1. The quantitative estimate of drug-likeness (QED) is 0.649. The minimum absolute atomic E-state index is 0.103. The van der Waals surface area contributed by atoms with Gasteiger partial charge in [0.25, 0.3) is 5.91 Å². The number of nitrogens with zero attached hydrogens (tertiary/aromatic N) is 1. The fourth-order valence-corrected chi connectivity index (χ4v) is 2.20. The smallest absolute Gasteiger partial charge is 0.311 e. The van der Waals surface area contributed by atoms with Gasteiger partial charge in [-0.1, -0.05) is 12.1 Å². The number of hydrogen-bond donors (Lipinski definition) is 1. The highest BCUT2D eigenvalue weighted by Gasteiger charge is 2.25. The zero-order valence-electron chi connectivity index (χ0n) is 12.1. The van der Waals surface area contributed by atoms with E-state index in [2.05, 4.69) is 0 Å². The normalized spacial score (nSPS) is 16.3. The van der Waals surface area contributed by atoms with Crippen LogP contribution in [0.2, 0.25) is 0 Å². The predicted molar refractivity (Wildman–Crippen MR) is 77.5 cm³/mol. The molecule has 1 unspecified atom stereocenters. The van der Waals surface area contributed by atoms with Crippen molar-refractivity contribution >= 4 is 17.6 Å². The standard InChI is InChI=1S/C15H20N2O4/c1-11(15(19)17-5-7-20-8-6-17)21-14(18)10-12-3-2-4-13(16)9-12/h2-4,9,11H,5-8,10,16H2,1H3. The molecule has 6 nitrogen and oxygen atoms in total. The van der Waals surface area contributed by atoms with E-state index in [1.165, 1.54) is 0 Å². The van der Waals surface area contributed by atoms with E-state index in [0.717, 1.165) is 5.56 Å². The molecule has 1 aliphatic heterocycles. The van der Waals surface area contributed by atoms with E-state index < -0.39 is 12.1 Å². The molecule has 0 spiro atoms. The molecule has 0 aromatic heterocycles. The molecule has 1 aliphatic rings. The van der Waals surface area contributed by atoms with E-state index in [-0.39, 0.29) is 12.3 Å². The van der Waals surface area contributed by atoms with Gasteiger partial charge in [-0.05, 0) is 24.6 Å². The molecule has 0 bridgehead atoms. The van der Waals surface area contributed by atoms with Crippen LogP contribution in [0.15, 0.2) is 24.3 Å². The Kier molecular flexibility index (Phi) is 5.16. The van der Waals surface area contributed by atoms with Crippen molar-refractivity contribution in [1.29, 1.82) is 0 Å². The first-order valence-corrected chi connectivity index (χ1v) is 6.96. The summed E-state index contributed by atoms with van der Waals surface area (Å²) in [5, 5.41) is 0. The molecular formula is C15H20N2O4. The lowest BCUT2D eigenvalue weighted by Crippen LogP contribution is -2.46. The van der Waals surface area contributed by atoms with Gasteiger partial charge in [0.05, 0.1) is 19.6 Å². The minimum Gasteiger partial charge on any atom is -0.452 e. The summed E-state index contributed by atoms with van der Waals surface area (Å²) < 4.78 is 10.4. The largest absolute Gasteiger partial charge is 0.452 e. The van der Waals surface area contributed by atoms with Crippen LogP contribution < -0.4 is 5.73 Å². The predicted octanol–water partition coefficient (Wildman–Crippen LogP) is 0.602. The Labute approximate surface area is 123 Å². The summed E-state index contributed by atoms with van der Waals surface area (Å²) in [6.07, 6.45) is -0.678. The summed E-state index contributed by atoms with van der Waals surface area (Å²) in [6, 6.07) is 7.04. The van der Waals surface area contributed by atoms with Crippen molar-refractivity contribution in [2.24, 2.45) is 0 Å². The number of anilines is 1. The lowest BCUT2D eigenvalue weighted by Gasteiger charge is -2.28. The van der Waals surface area contributed by atoms with Crippen molar-refractivity contribution in [3.05, 3.63) is 29.8 Å². The number of ether oxygens (including phenoxy) is 2. The van der Waals surface area contributed by atoms with E-state index in [1.54, 1.807) is 36.1 Å². The molecule has 0 radical (unpaired) electrons. The van der Waals surface area contributed by atoms with Crippen molar-refractivity contribution in [1.82, 2.24) is 4.90 Å². The summed E-state index contributed by atoms with van der Waals surface area (Å²) in [7, 11) is 0. The van der Waals surface area contributed by atoms with Crippen LogP contribution in [-0.2, 0) is 25.5 Å². The summed E-state index contributed by atoms with van der Waals surface area (Å²) in [6.45, 7) is 3.71. The molecule has 1 fully saturated rings. The van der Waals surface area contributed by atoms with Gasteiger partial charge in [-0.25, -0.2) is 0 Å². The second-order valence-electron chi connectivity index (χ2n) is 4.99. The second kappa shape index (κ2) is 7.08. The Balaban J connectivity index is 1.85. The van der Waals surface area contributed by atoms with Gasteiger partial charge in [0.15, 0.2) is 6.10 Å². The van der Waals surface area contributed by atoms with Gasteiger partial charge in [-0.15, -0.1) is 0 Å². The van der Waals surface area contributed by atoms with Gasteiger partial charge in [0.2, 0.25) is 0 Å². The average molecular weight is 292 g/mol. The summed E-state index contributed by atoms with van der Waals surface area (Å²) in [4.78, 5) is 25.6. The van der Waals surface area contributed by atoms with Gasteiger partial charge in [-0.2, -0.15) is 0 Å². The van der Waals surface area contributed by atoms with Crippen LogP contribution in [0.4, 0.5) is 5.69 Å². The third-order valence-electron chi connectivity index (χ3n) is 3.28. The summed E-state index contributed by atoms with van der Waals surface area (Å²) >= 11 is 0. The van der Waals surface area contributed by atoms with Crippen LogP contribution in [0.3, 0.4) is 0 Å². The molecule has 6 heteroatoms. The van der Waals surface area contributed by atoms with Crippen molar-refractivity contribution < 1.29 is 19.1 Å². The topological polar surface area (TPSA) is 81.9 Å². The van der Waals surface area contributed by atoms with Crippen LogP contribution in [0.1, 0.15) is 12.5 Å². The van der Waals surface area contributed by atoms with Crippen molar-refractivity contribution in [2.45, 2.75) is 19.4 Å². The van der Waals surface area contributed by atoms with Gasteiger partial charge >= 0.3 is 5.97 Å². The monoisotopic (exact) mass is 292 g/mol. The SMILES string of the molecule is CC(OC(=O)Cc1cccc(N)c1)C(=O)N1CCOCC1. The number of esters is 1. The van der Waals surface area contributed by atoms with E-state index in [4.69, 9.17) is 15.2 Å². The fraction of sp³-hybridized carbons (Fsp3) is 0.467. The Morgan fingerprint density at radius 1 is 1.38 bits per heavy atom. The third-order valence-corrected chi connectivity index (χ3v) is 3.28. The molecule has 2 rings (SSSR count). The van der Waals surface area contributed by atoms with Gasteiger partial charge in [0.1, 0.15) is 0 Å². The van der Waals surface area contributed by atoms with E-state index in [9.17, 15) is 9.59 Å². The lowest BCUT2D eigenvalue weighted by atomic mass is 10.1. The van der Waals surface area contributed by atoms with Crippen molar-refractivity contribution in [3.8, 4) is 0 Å². The van der Waals surface area contributed by atoms with Gasteiger partial charge in [-0.3, -0.25) is 9.59 Å². The zero-order chi connectivity index (χ0) is 15.2. The zero-order valence-corrected chi connectivity index (χ0v) is 12.1. The number of morpholine rings is 1.